The van der Waals surface area contributed by atoms with Crippen molar-refractivity contribution in [1.29, 1.82) is 0 Å². The lowest BCUT2D eigenvalue weighted by molar-refractivity contribution is -0.138. The van der Waals surface area contributed by atoms with E-state index in [1.807, 2.05) is 13.0 Å². The van der Waals surface area contributed by atoms with Crippen LogP contribution < -0.4 is 10.4 Å². The van der Waals surface area contributed by atoms with E-state index < -0.39 is 17.4 Å². The van der Waals surface area contributed by atoms with Gasteiger partial charge in [0.05, 0.1) is 11.3 Å². The van der Waals surface area contributed by atoms with E-state index in [0.29, 0.717) is 11.3 Å². The average Bonchev–Trinajstić information content (AvgIpc) is 2.93. The summed E-state index contributed by atoms with van der Waals surface area (Å²) in [4.78, 5) is 12.1. The van der Waals surface area contributed by atoms with Gasteiger partial charge in [-0.25, -0.2) is 4.79 Å². The second kappa shape index (κ2) is 7.18. The van der Waals surface area contributed by atoms with E-state index in [9.17, 15) is 18.0 Å². The van der Waals surface area contributed by atoms with Crippen LogP contribution in [0.2, 0.25) is 0 Å². The van der Waals surface area contributed by atoms with Gasteiger partial charge in [0.25, 0.3) is 0 Å². The summed E-state index contributed by atoms with van der Waals surface area (Å²) in [6, 6.07) is 8.87. The summed E-state index contributed by atoms with van der Waals surface area (Å²) < 4.78 is 46.9. The number of ether oxygens (including phenoxy) is 1. The SMILES string of the molecule is Cc1cccc(-n2nnn(C)c2=O)c1COc1ccc(Br)c(C(F)(F)F)c1. The van der Waals surface area contributed by atoms with Crippen molar-refractivity contribution in [1.82, 2.24) is 19.8 Å². The van der Waals surface area contributed by atoms with Crippen molar-refractivity contribution in [2.24, 2.45) is 7.05 Å². The van der Waals surface area contributed by atoms with Crippen molar-refractivity contribution in [2.45, 2.75) is 19.7 Å². The average molecular weight is 443 g/mol. The van der Waals surface area contributed by atoms with E-state index in [1.165, 1.54) is 19.2 Å². The summed E-state index contributed by atoms with van der Waals surface area (Å²) >= 11 is 2.90. The second-order valence-electron chi connectivity index (χ2n) is 5.80. The number of hydrogen-bond acceptors (Lipinski definition) is 4. The summed E-state index contributed by atoms with van der Waals surface area (Å²) in [6.45, 7) is 1.77. The predicted octanol–water partition coefficient (Wildman–Crippen LogP) is 3.63. The topological polar surface area (TPSA) is 61.9 Å². The van der Waals surface area contributed by atoms with Crippen LogP contribution in [-0.2, 0) is 19.8 Å². The lowest BCUT2D eigenvalue weighted by Gasteiger charge is -2.15. The number of rotatable bonds is 4. The highest BCUT2D eigenvalue weighted by Gasteiger charge is 2.33. The minimum atomic E-state index is -4.50. The number of aryl methyl sites for hydroxylation is 2. The summed E-state index contributed by atoms with van der Waals surface area (Å²) in [6.07, 6.45) is -4.50. The fourth-order valence-electron chi connectivity index (χ4n) is 2.50. The Balaban J connectivity index is 1.94. The molecule has 3 aromatic rings. The molecule has 1 heterocycles. The number of alkyl halides is 3. The largest absolute Gasteiger partial charge is 0.489 e. The zero-order valence-corrected chi connectivity index (χ0v) is 15.9. The van der Waals surface area contributed by atoms with Gasteiger partial charge in [0.1, 0.15) is 12.4 Å². The monoisotopic (exact) mass is 442 g/mol. The maximum Gasteiger partial charge on any atom is 0.417 e. The molecule has 0 saturated heterocycles. The molecule has 0 amide bonds. The molecular formula is C17H14BrF3N4O2. The van der Waals surface area contributed by atoms with E-state index in [4.69, 9.17) is 4.74 Å². The Morgan fingerprint density at radius 3 is 2.56 bits per heavy atom. The molecule has 3 rings (SSSR count). The standard InChI is InChI=1S/C17H14BrF3N4O2/c1-10-4-3-5-15(25-16(26)24(2)22-23-25)12(10)9-27-11-6-7-14(18)13(8-11)17(19,20)21/h3-8H,9H2,1-2H3. The zero-order chi connectivity index (χ0) is 19.8. The molecule has 6 nitrogen and oxygen atoms in total. The van der Waals surface area contributed by atoms with E-state index >= 15 is 0 Å². The van der Waals surface area contributed by atoms with Crippen LogP contribution in [0.4, 0.5) is 13.2 Å². The molecule has 0 N–H and O–H groups in total. The fourth-order valence-corrected chi connectivity index (χ4v) is 2.98. The van der Waals surface area contributed by atoms with Gasteiger partial charge in [-0.15, -0.1) is 0 Å². The highest BCUT2D eigenvalue weighted by molar-refractivity contribution is 9.10. The Bertz CT molecular complexity index is 1040. The molecule has 142 valence electrons. The Morgan fingerprint density at radius 1 is 1.19 bits per heavy atom. The highest BCUT2D eigenvalue weighted by atomic mass is 79.9. The molecule has 0 aliphatic carbocycles. The molecule has 0 unspecified atom stereocenters. The molecule has 10 heteroatoms. The van der Waals surface area contributed by atoms with Crippen molar-refractivity contribution in [3.8, 4) is 11.4 Å². The Morgan fingerprint density at radius 2 is 1.93 bits per heavy atom. The van der Waals surface area contributed by atoms with Crippen LogP contribution in [0.15, 0.2) is 45.7 Å². The number of nitrogens with zero attached hydrogens (tertiary/aromatic N) is 4. The number of benzene rings is 2. The predicted molar refractivity (Wildman–Crippen MR) is 94.8 cm³/mol. The molecule has 1 aromatic heterocycles. The van der Waals surface area contributed by atoms with Crippen LogP contribution in [0.3, 0.4) is 0 Å². The molecular weight excluding hydrogens is 429 g/mol. The summed E-state index contributed by atoms with van der Waals surface area (Å²) in [5, 5.41) is 7.48. The lowest BCUT2D eigenvalue weighted by atomic mass is 10.1. The maximum atomic E-state index is 13.0. The number of aromatic nitrogens is 4. The molecule has 0 fully saturated rings. The fraction of sp³-hybridized carbons (Fsp3) is 0.235. The highest BCUT2D eigenvalue weighted by Crippen LogP contribution is 2.37. The van der Waals surface area contributed by atoms with E-state index in [1.54, 1.807) is 12.1 Å². The van der Waals surface area contributed by atoms with Gasteiger partial charge in [-0.1, -0.05) is 28.1 Å². The van der Waals surface area contributed by atoms with Gasteiger partial charge in [-0.2, -0.15) is 22.5 Å². The first-order valence-electron chi connectivity index (χ1n) is 7.76. The van der Waals surface area contributed by atoms with Gasteiger partial charge >= 0.3 is 11.9 Å². The summed E-state index contributed by atoms with van der Waals surface area (Å²) in [5.74, 6) is 0.0613. The van der Waals surface area contributed by atoms with Crippen molar-refractivity contribution >= 4 is 15.9 Å². The van der Waals surface area contributed by atoms with Crippen molar-refractivity contribution in [2.75, 3.05) is 0 Å². The van der Waals surface area contributed by atoms with E-state index in [2.05, 4.69) is 26.4 Å². The minimum absolute atomic E-state index is 0.0377. The third-order valence-electron chi connectivity index (χ3n) is 3.96. The van der Waals surface area contributed by atoms with E-state index in [0.717, 1.165) is 21.0 Å². The Kier molecular flexibility index (Phi) is 5.09. The van der Waals surface area contributed by atoms with E-state index in [-0.39, 0.29) is 16.8 Å². The molecule has 0 radical (unpaired) electrons. The first-order valence-corrected chi connectivity index (χ1v) is 8.55. The van der Waals surface area contributed by atoms with Crippen LogP contribution in [0.1, 0.15) is 16.7 Å². The number of hydrogen-bond donors (Lipinski definition) is 0. The molecule has 0 aliphatic heterocycles. The van der Waals surface area contributed by atoms with Crippen molar-refractivity contribution in [3.63, 3.8) is 0 Å². The van der Waals surface area contributed by atoms with Crippen molar-refractivity contribution in [3.05, 3.63) is 68.0 Å². The van der Waals surface area contributed by atoms with Gasteiger partial charge in [-0.3, -0.25) is 0 Å². The Hall–Kier alpha value is -2.62. The molecule has 0 atom stereocenters. The maximum absolute atomic E-state index is 13.0. The smallest absolute Gasteiger partial charge is 0.417 e. The van der Waals surface area contributed by atoms with Crippen LogP contribution in [-0.4, -0.2) is 19.8 Å². The Labute approximate surface area is 160 Å². The van der Waals surface area contributed by atoms with Gasteiger partial charge in [0.2, 0.25) is 0 Å². The summed E-state index contributed by atoms with van der Waals surface area (Å²) in [5.41, 5.74) is 0.621. The van der Waals surface area contributed by atoms with Gasteiger partial charge in [-0.05, 0) is 47.2 Å². The van der Waals surface area contributed by atoms with Gasteiger partial charge in [0.15, 0.2) is 0 Å². The molecule has 27 heavy (non-hydrogen) atoms. The molecule has 2 aromatic carbocycles. The minimum Gasteiger partial charge on any atom is -0.489 e. The molecule has 0 bridgehead atoms. The van der Waals surface area contributed by atoms with Crippen LogP contribution in [0.25, 0.3) is 5.69 Å². The quantitative estimate of drug-likeness (QED) is 0.618. The number of tetrazole rings is 1. The second-order valence-corrected chi connectivity index (χ2v) is 6.65. The van der Waals surface area contributed by atoms with Gasteiger partial charge < -0.3 is 4.74 Å². The van der Waals surface area contributed by atoms with Gasteiger partial charge in [0, 0.05) is 17.1 Å². The molecule has 0 spiro atoms. The molecule has 0 saturated carbocycles. The third-order valence-corrected chi connectivity index (χ3v) is 4.65. The molecule has 0 aliphatic rings. The number of halogens is 4. The first-order chi connectivity index (χ1) is 12.7. The van der Waals surface area contributed by atoms with Crippen LogP contribution in [0.5, 0.6) is 5.75 Å². The summed E-state index contributed by atoms with van der Waals surface area (Å²) in [7, 11) is 1.47. The normalized spacial score (nSPS) is 11.6. The van der Waals surface area contributed by atoms with Crippen LogP contribution >= 0.6 is 15.9 Å². The lowest BCUT2D eigenvalue weighted by Crippen LogP contribution is -2.23. The third kappa shape index (κ3) is 3.90. The zero-order valence-electron chi connectivity index (χ0n) is 14.3. The van der Waals surface area contributed by atoms with Crippen molar-refractivity contribution < 1.29 is 17.9 Å². The van der Waals surface area contributed by atoms with Crippen LogP contribution in [0, 0.1) is 6.92 Å². The first kappa shape index (κ1) is 19.2.